The van der Waals surface area contributed by atoms with Crippen LogP contribution in [0.4, 0.5) is 0 Å². The number of imidazole rings is 1. The number of aromatic nitrogens is 2. The number of hydrogen-bond acceptors (Lipinski definition) is 3. The third-order valence-corrected chi connectivity index (χ3v) is 4.33. The highest BCUT2D eigenvalue weighted by molar-refractivity contribution is 14.0. The molecule has 28 heavy (non-hydrogen) atoms. The van der Waals surface area contributed by atoms with Crippen LogP contribution >= 0.6 is 24.0 Å². The lowest BCUT2D eigenvalue weighted by molar-refractivity contribution is 0.322. The maximum Gasteiger partial charge on any atom is 0.191 e. The molecule has 3 aromatic rings. The van der Waals surface area contributed by atoms with E-state index in [2.05, 4.69) is 50.3 Å². The quantitative estimate of drug-likeness (QED) is 0.218. The molecule has 0 aliphatic heterocycles. The highest BCUT2D eigenvalue weighted by Crippen LogP contribution is 2.15. The van der Waals surface area contributed by atoms with Gasteiger partial charge in [-0.3, -0.25) is 4.99 Å². The standard InChI is InChI=1S/C21H27N5O.HI/c1-17-25-19-11-6-7-12-20(19)26(17)15-8-13-23-21(22-2)24-14-16-27-18-9-4-3-5-10-18;/h3-7,9-12H,8,13-16H2,1-2H3,(H2,22,23,24);1H. The SMILES string of the molecule is CN=C(NCCCn1c(C)nc2ccccc21)NCCOc1ccccc1.I. The predicted octanol–water partition coefficient (Wildman–Crippen LogP) is 3.60. The maximum atomic E-state index is 5.67. The normalized spacial score (nSPS) is 11.1. The second-order valence-corrected chi connectivity index (χ2v) is 6.24. The summed E-state index contributed by atoms with van der Waals surface area (Å²) in [5.41, 5.74) is 2.24. The van der Waals surface area contributed by atoms with Crippen molar-refractivity contribution in [1.29, 1.82) is 0 Å². The second kappa shape index (κ2) is 11.5. The van der Waals surface area contributed by atoms with E-state index >= 15 is 0 Å². The number of aryl methyl sites for hydroxylation is 2. The molecule has 0 radical (unpaired) electrons. The summed E-state index contributed by atoms with van der Waals surface area (Å²) in [6.07, 6.45) is 0.989. The highest BCUT2D eigenvalue weighted by atomic mass is 127. The highest BCUT2D eigenvalue weighted by Gasteiger charge is 2.06. The Morgan fingerprint density at radius 1 is 1.04 bits per heavy atom. The molecule has 0 bridgehead atoms. The minimum absolute atomic E-state index is 0. The van der Waals surface area contributed by atoms with Gasteiger partial charge < -0.3 is 19.9 Å². The van der Waals surface area contributed by atoms with E-state index in [1.807, 2.05) is 36.4 Å². The van der Waals surface area contributed by atoms with Crippen molar-refractivity contribution in [2.75, 3.05) is 26.7 Å². The van der Waals surface area contributed by atoms with E-state index in [9.17, 15) is 0 Å². The van der Waals surface area contributed by atoms with Crippen LogP contribution in [-0.2, 0) is 6.54 Å². The van der Waals surface area contributed by atoms with E-state index in [0.29, 0.717) is 13.2 Å². The van der Waals surface area contributed by atoms with Gasteiger partial charge in [0, 0.05) is 20.1 Å². The number of rotatable bonds is 8. The lowest BCUT2D eigenvalue weighted by atomic mass is 10.3. The molecule has 0 fully saturated rings. The fraction of sp³-hybridized carbons (Fsp3) is 0.333. The Hall–Kier alpha value is -2.29. The van der Waals surface area contributed by atoms with E-state index in [1.165, 1.54) is 5.52 Å². The molecular formula is C21H28IN5O. The van der Waals surface area contributed by atoms with Gasteiger partial charge in [0.15, 0.2) is 5.96 Å². The van der Waals surface area contributed by atoms with Gasteiger partial charge in [0.2, 0.25) is 0 Å². The van der Waals surface area contributed by atoms with Crippen LogP contribution in [0.5, 0.6) is 5.75 Å². The van der Waals surface area contributed by atoms with Crippen LogP contribution in [0.3, 0.4) is 0 Å². The Kier molecular flexibility index (Phi) is 9.06. The third-order valence-electron chi connectivity index (χ3n) is 4.33. The molecule has 0 aliphatic rings. The predicted molar refractivity (Wildman–Crippen MR) is 126 cm³/mol. The molecule has 0 unspecified atom stereocenters. The van der Waals surface area contributed by atoms with Gasteiger partial charge in [-0.2, -0.15) is 0 Å². The fourth-order valence-corrected chi connectivity index (χ4v) is 3.00. The van der Waals surface area contributed by atoms with Crippen LogP contribution in [0.15, 0.2) is 59.6 Å². The summed E-state index contributed by atoms with van der Waals surface area (Å²) in [7, 11) is 1.78. The Bertz CT molecular complexity index is 879. The number of guanidine groups is 1. The first-order valence-corrected chi connectivity index (χ1v) is 9.32. The van der Waals surface area contributed by atoms with Gasteiger partial charge in [-0.15, -0.1) is 24.0 Å². The van der Waals surface area contributed by atoms with E-state index in [4.69, 9.17) is 4.74 Å². The van der Waals surface area contributed by atoms with E-state index in [0.717, 1.165) is 42.6 Å². The number of para-hydroxylation sites is 3. The molecule has 7 heteroatoms. The molecule has 1 aromatic heterocycles. The second-order valence-electron chi connectivity index (χ2n) is 6.24. The summed E-state index contributed by atoms with van der Waals surface area (Å²) in [6.45, 7) is 5.10. The van der Waals surface area contributed by atoms with Crippen molar-refractivity contribution in [3.8, 4) is 5.75 Å². The van der Waals surface area contributed by atoms with Crippen LogP contribution in [0.2, 0.25) is 0 Å². The topological polar surface area (TPSA) is 63.5 Å². The summed E-state index contributed by atoms with van der Waals surface area (Å²) in [5.74, 6) is 2.72. The summed E-state index contributed by atoms with van der Waals surface area (Å²) in [6, 6.07) is 18.1. The molecule has 2 aromatic carbocycles. The number of benzene rings is 2. The molecule has 2 N–H and O–H groups in total. The average molecular weight is 493 g/mol. The summed E-state index contributed by atoms with van der Waals surface area (Å²) in [4.78, 5) is 8.86. The lowest BCUT2D eigenvalue weighted by Gasteiger charge is -2.13. The monoisotopic (exact) mass is 493 g/mol. The molecule has 0 saturated heterocycles. The van der Waals surface area contributed by atoms with Crippen molar-refractivity contribution in [2.45, 2.75) is 19.9 Å². The Balaban J connectivity index is 0.00000280. The minimum atomic E-state index is 0. The Labute approximate surface area is 183 Å². The molecular weight excluding hydrogens is 465 g/mol. The number of ether oxygens (including phenoxy) is 1. The van der Waals surface area contributed by atoms with E-state index in [-0.39, 0.29) is 24.0 Å². The van der Waals surface area contributed by atoms with Gasteiger partial charge in [0.05, 0.1) is 17.6 Å². The molecule has 3 rings (SSSR count). The van der Waals surface area contributed by atoms with Crippen LogP contribution in [0.25, 0.3) is 11.0 Å². The van der Waals surface area contributed by atoms with Crippen molar-refractivity contribution in [3.63, 3.8) is 0 Å². The van der Waals surface area contributed by atoms with Gasteiger partial charge in [0.1, 0.15) is 18.2 Å². The molecule has 0 atom stereocenters. The molecule has 0 spiro atoms. The third kappa shape index (κ3) is 6.12. The maximum absolute atomic E-state index is 5.67. The Morgan fingerprint density at radius 2 is 1.75 bits per heavy atom. The fourth-order valence-electron chi connectivity index (χ4n) is 3.00. The zero-order chi connectivity index (χ0) is 18.9. The lowest BCUT2D eigenvalue weighted by Crippen LogP contribution is -2.39. The van der Waals surface area contributed by atoms with Crippen molar-refractivity contribution in [2.24, 2.45) is 4.99 Å². The zero-order valence-electron chi connectivity index (χ0n) is 16.4. The number of halogens is 1. The van der Waals surface area contributed by atoms with Gasteiger partial charge in [0.25, 0.3) is 0 Å². The zero-order valence-corrected chi connectivity index (χ0v) is 18.7. The van der Waals surface area contributed by atoms with Gasteiger partial charge in [-0.1, -0.05) is 30.3 Å². The molecule has 6 nitrogen and oxygen atoms in total. The van der Waals surface area contributed by atoms with Crippen molar-refractivity contribution in [3.05, 3.63) is 60.4 Å². The van der Waals surface area contributed by atoms with Crippen molar-refractivity contribution >= 4 is 41.0 Å². The number of nitrogens with zero attached hydrogens (tertiary/aromatic N) is 3. The number of aliphatic imine (C=N–C) groups is 1. The molecule has 0 saturated carbocycles. The molecule has 150 valence electrons. The van der Waals surface area contributed by atoms with Crippen LogP contribution in [0, 0.1) is 6.92 Å². The first-order chi connectivity index (χ1) is 13.3. The average Bonchev–Trinajstić information content (AvgIpc) is 3.02. The number of hydrogen-bond donors (Lipinski definition) is 2. The number of fused-ring (bicyclic) bond motifs is 1. The van der Waals surface area contributed by atoms with E-state index < -0.39 is 0 Å². The first kappa shape index (κ1) is 22.0. The van der Waals surface area contributed by atoms with Gasteiger partial charge in [-0.05, 0) is 37.6 Å². The molecule has 1 heterocycles. The van der Waals surface area contributed by atoms with Gasteiger partial charge in [-0.25, -0.2) is 4.98 Å². The van der Waals surface area contributed by atoms with Crippen LogP contribution < -0.4 is 15.4 Å². The van der Waals surface area contributed by atoms with Crippen LogP contribution in [0.1, 0.15) is 12.2 Å². The largest absolute Gasteiger partial charge is 0.492 e. The molecule has 0 amide bonds. The smallest absolute Gasteiger partial charge is 0.191 e. The van der Waals surface area contributed by atoms with Crippen molar-refractivity contribution in [1.82, 2.24) is 20.2 Å². The van der Waals surface area contributed by atoms with Gasteiger partial charge >= 0.3 is 0 Å². The molecule has 0 aliphatic carbocycles. The first-order valence-electron chi connectivity index (χ1n) is 9.32. The summed E-state index contributed by atoms with van der Waals surface area (Å²) < 4.78 is 7.94. The minimum Gasteiger partial charge on any atom is -0.492 e. The van der Waals surface area contributed by atoms with Crippen molar-refractivity contribution < 1.29 is 4.74 Å². The summed E-state index contributed by atoms with van der Waals surface area (Å²) >= 11 is 0. The van der Waals surface area contributed by atoms with E-state index in [1.54, 1.807) is 7.05 Å². The Morgan fingerprint density at radius 3 is 2.54 bits per heavy atom. The van der Waals surface area contributed by atoms with Crippen LogP contribution in [-0.4, -0.2) is 42.3 Å². The summed E-state index contributed by atoms with van der Waals surface area (Å²) in [5, 5.41) is 6.62. The number of nitrogens with one attached hydrogen (secondary N) is 2.